The molecule has 1 aromatic carbocycles. The maximum absolute atomic E-state index is 11.3. The average Bonchev–Trinajstić information content (AvgIpc) is 2.30. The monoisotopic (exact) mass is 250 g/mol. The SMILES string of the molecule is CCOC(=O)CCC(C)(O)c1ccc(C)c(C)c1. The predicted octanol–water partition coefficient (Wildman–Crippen LogP) is 2.85. The lowest BCUT2D eigenvalue weighted by molar-refractivity contribution is -0.144. The van der Waals surface area contributed by atoms with Crippen LogP contribution >= 0.6 is 0 Å². The Morgan fingerprint density at radius 1 is 1.33 bits per heavy atom. The largest absolute Gasteiger partial charge is 0.466 e. The molecule has 0 heterocycles. The highest BCUT2D eigenvalue weighted by Gasteiger charge is 2.24. The van der Waals surface area contributed by atoms with Gasteiger partial charge in [-0.25, -0.2) is 0 Å². The Morgan fingerprint density at radius 3 is 2.56 bits per heavy atom. The Kier molecular flexibility index (Phi) is 4.91. The molecule has 0 spiro atoms. The lowest BCUT2D eigenvalue weighted by Gasteiger charge is -2.24. The number of aliphatic hydroxyl groups is 1. The highest BCUT2D eigenvalue weighted by atomic mass is 16.5. The molecule has 0 saturated carbocycles. The van der Waals surface area contributed by atoms with E-state index >= 15 is 0 Å². The van der Waals surface area contributed by atoms with Gasteiger partial charge in [0, 0.05) is 6.42 Å². The Bertz CT molecular complexity index is 422. The molecule has 3 heteroatoms. The highest BCUT2D eigenvalue weighted by Crippen LogP contribution is 2.27. The lowest BCUT2D eigenvalue weighted by atomic mass is 9.89. The van der Waals surface area contributed by atoms with Gasteiger partial charge in [-0.15, -0.1) is 0 Å². The van der Waals surface area contributed by atoms with Gasteiger partial charge in [0.1, 0.15) is 0 Å². The van der Waals surface area contributed by atoms with Crippen molar-refractivity contribution in [1.82, 2.24) is 0 Å². The van der Waals surface area contributed by atoms with Crippen LogP contribution in [0.5, 0.6) is 0 Å². The third kappa shape index (κ3) is 3.84. The van der Waals surface area contributed by atoms with Gasteiger partial charge < -0.3 is 9.84 Å². The molecule has 0 aliphatic rings. The van der Waals surface area contributed by atoms with E-state index in [0.29, 0.717) is 13.0 Å². The van der Waals surface area contributed by atoms with Gasteiger partial charge in [-0.2, -0.15) is 0 Å². The Balaban J connectivity index is 2.73. The molecule has 1 unspecified atom stereocenters. The number of ether oxygens (including phenoxy) is 1. The molecule has 0 aromatic heterocycles. The van der Waals surface area contributed by atoms with Gasteiger partial charge >= 0.3 is 5.97 Å². The van der Waals surface area contributed by atoms with Gasteiger partial charge in [-0.1, -0.05) is 18.2 Å². The number of rotatable bonds is 5. The van der Waals surface area contributed by atoms with Crippen molar-refractivity contribution in [3.63, 3.8) is 0 Å². The van der Waals surface area contributed by atoms with E-state index in [-0.39, 0.29) is 12.4 Å². The molecule has 0 bridgehead atoms. The standard InChI is InChI=1S/C15H22O3/c1-5-18-14(16)8-9-15(4,17)13-7-6-11(2)12(3)10-13/h6-7,10,17H,5,8-9H2,1-4H3. The van der Waals surface area contributed by atoms with E-state index in [1.165, 1.54) is 5.56 Å². The number of hydrogen-bond acceptors (Lipinski definition) is 3. The second-order valence-corrected chi connectivity index (χ2v) is 4.88. The number of hydrogen-bond donors (Lipinski definition) is 1. The Hall–Kier alpha value is -1.35. The summed E-state index contributed by atoms with van der Waals surface area (Å²) in [4.78, 5) is 11.3. The molecule has 1 atom stereocenters. The molecule has 18 heavy (non-hydrogen) atoms. The van der Waals surface area contributed by atoms with Gasteiger partial charge in [-0.05, 0) is 50.8 Å². The molecule has 100 valence electrons. The summed E-state index contributed by atoms with van der Waals surface area (Å²) < 4.78 is 4.87. The van der Waals surface area contributed by atoms with Gasteiger partial charge in [0.05, 0.1) is 12.2 Å². The van der Waals surface area contributed by atoms with E-state index in [2.05, 4.69) is 0 Å². The van der Waals surface area contributed by atoms with E-state index < -0.39 is 5.60 Å². The number of esters is 1. The fraction of sp³-hybridized carbons (Fsp3) is 0.533. The summed E-state index contributed by atoms with van der Waals surface area (Å²) in [6.45, 7) is 7.94. The molecular formula is C15H22O3. The minimum absolute atomic E-state index is 0.230. The number of benzene rings is 1. The predicted molar refractivity (Wildman–Crippen MR) is 71.4 cm³/mol. The number of carbonyl (C=O) groups excluding carboxylic acids is 1. The van der Waals surface area contributed by atoms with Crippen molar-refractivity contribution in [2.75, 3.05) is 6.61 Å². The van der Waals surface area contributed by atoms with E-state index in [4.69, 9.17) is 4.74 Å². The van der Waals surface area contributed by atoms with Crippen LogP contribution < -0.4 is 0 Å². The first-order chi connectivity index (χ1) is 8.36. The zero-order valence-corrected chi connectivity index (χ0v) is 11.6. The minimum atomic E-state index is -0.995. The second-order valence-electron chi connectivity index (χ2n) is 4.88. The first-order valence-corrected chi connectivity index (χ1v) is 6.32. The zero-order valence-electron chi connectivity index (χ0n) is 11.6. The quantitative estimate of drug-likeness (QED) is 0.817. The minimum Gasteiger partial charge on any atom is -0.466 e. The van der Waals surface area contributed by atoms with Gasteiger partial charge in [0.2, 0.25) is 0 Å². The van der Waals surface area contributed by atoms with Crippen molar-refractivity contribution >= 4 is 5.97 Å². The summed E-state index contributed by atoms with van der Waals surface area (Å²) in [5.74, 6) is -0.262. The van der Waals surface area contributed by atoms with Crippen LogP contribution in [-0.2, 0) is 15.1 Å². The normalized spacial score (nSPS) is 14.1. The van der Waals surface area contributed by atoms with E-state index in [0.717, 1.165) is 11.1 Å². The van der Waals surface area contributed by atoms with Crippen molar-refractivity contribution in [3.05, 3.63) is 34.9 Å². The maximum atomic E-state index is 11.3. The first-order valence-electron chi connectivity index (χ1n) is 6.32. The highest BCUT2D eigenvalue weighted by molar-refractivity contribution is 5.69. The summed E-state index contributed by atoms with van der Waals surface area (Å²) in [7, 11) is 0. The van der Waals surface area contributed by atoms with Crippen LogP contribution in [0.1, 0.15) is 43.4 Å². The van der Waals surface area contributed by atoms with Crippen LogP contribution in [0.25, 0.3) is 0 Å². The first kappa shape index (κ1) is 14.7. The van der Waals surface area contributed by atoms with E-state index in [1.807, 2.05) is 32.0 Å². The molecule has 1 N–H and O–H groups in total. The third-order valence-corrected chi connectivity index (χ3v) is 3.25. The van der Waals surface area contributed by atoms with Crippen molar-refractivity contribution in [1.29, 1.82) is 0 Å². The van der Waals surface area contributed by atoms with Crippen LogP contribution in [-0.4, -0.2) is 17.7 Å². The summed E-state index contributed by atoms with van der Waals surface area (Å²) >= 11 is 0. The molecule has 0 fully saturated rings. The van der Waals surface area contributed by atoms with Crippen molar-refractivity contribution in [3.8, 4) is 0 Å². The fourth-order valence-electron chi connectivity index (χ4n) is 1.80. The van der Waals surface area contributed by atoms with Crippen molar-refractivity contribution in [2.24, 2.45) is 0 Å². The molecule has 1 rings (SSSR count). The second kappa shape index (κ2) is 6.01. The molecule has 0 saturated heterocycles. The molecule has 0 aliphatic heterocycles. The average molecular weight is 250 g/mol. The van der Waals surface area contributed by atoms with E-state index in [9.17, 15) is 9.90 Å². The fourth-order valence-corrected chi connectivity index (χ4v) is 1.80. The Morgan fingerprint density at radius 2 is 2.00 bits per heavy atom. The number of aryl methyl sites for hydroxylation is 2. The van der Waals surface area contributed by atoms with E-state index in [1.54, 1.807) is 13.8 Å². The molecule has 1 aromatic rings. The summed E-state index contributed by atoms with van der Waals surface area (Å²) in [5, 5.41) is 10.4. The Labute approximate surface area is 109 Å². The van der Waals surface area contributed by atoms with Crippen LogP contribution in [0.3, 0.4) is 0 Å². The van der Waals surface area contributed by atoms with Crippen LogP contribution in [0.4, 0.5) is 0 Å². The summed E-state index contributed by atoms with van der Waals surface area (Å²) in [6.07, 6.45) is 0.599. The molecular weight excluding hydrogens is 228 g/mol. The van der Waals surface area contributed by atoms with Crippen LogP contribution in [0.15, 0.2) is 18.2 Å². The lowest BCUT2D eigenvalue weighted by Crippen LogP contribution is -2.23. The van der Waals surface area contributed by atoms with Gasteiger partial charge in [-0.3, -0.25) is 4.79 Å². The maximum Gasteiger partial charge on any atom is 0.305 e. The van der Waals surface area contributed by atoms with Crippen molar-refractivity contribution < 1.29 is 14.6 Å². The van der Waals surface area contributed by atoms with Gasteiger partial charge in [0.25, 0.3) is 0 Å². The summed E-state index contributed by atoms with van der Waals surface area (Å²) in [5.41, 5.74) is 2.18. The molecule has 0 aliphatic carbocycles. The molecule has 3 nitrogen and oxygen atoms in total. The smallest absolute Gasteiger partial charge is 0.305 e. The summed E-state index contributed by atoms with van der Waals surface area (Å²) in [6, 6.07) is 5.87. The van der Waals surface area contributed by atoms with Gasteiger partial charge in [0.15, 0.2) is 0 Å². The zero-order chi connectivity index (χ0) is 13.8. The molecule has 0 radical (unpaired) electrons. The number of carbonyl (C=O) groups is 1. The van der Waals surface area contributed by atoms with Crippen molar-refractivity contribution in [2.45, 2.75) is 46.1 Å². The van der Waals surface area contributed by atoms with Crippen LogP contribution in [0.2, 0.25) is 0 Å². The van der Waals surface area contributed by atoms with Crippen LogP contribution in [0, 0.1) is 13.8 Å². The third-order valence-electron chi connectivity index (χ3n) is 3.25. The topological polar surface area (TPSA) is 46.5 Å². The molecule has 0 amide bonds.